The molecule has 4 aliphatic heterocycles. The third kappa shape index (κ3) is 8.71. The van der Waals surface area contributed by atoms with Crippen molar-refractivity contribution >= 4 is 91.1 Å². The number of nitrogens with zero attached hydrogens (tertiary/aromatic N) is 6. The number of nitrogens with one attached hydrogen (secondary N) is 2. The highest BCUT2D eigenvalue weighted by molar-refractivity contribution is 8.76. The Balaban J connectivity index is 0.709. The van der Waals surface area contributed by atoms with Crippen LogP contribution < -0.4 is 29.6 Å². The van der Waals surface area contributed by atoms with Crippen molar-refractivity contribution in [1.82, 2.24) is 19.8 Å². The van der Waals surface area contributed by atoms with Gasteiger partial charge in [0, 0.05) is 74.3 Å². The summed E-state index contributed by atoms with van der Waals surface area (Å²) in [5.41, 5.74) is 15.6. The maximum Gasteiger partial charge on any atom is 0.282 e. The van der Waals surface area contributed by atoms with Gasteiger partial charge in [0.15, 0.2) is 35.2 Å². The number of benzene rings is 4. The summed E-state index contributed by atoms with van der Waals surface area (Å²) in [6.45, 7) is 6.34. The number of hydrogen-bond acceptors (Lipinski definition) is 6. The van der Waals surface area contributed by atoms with E-state index in [9.17, 15) is 9.59 Å². The van der Waals surface area contributed by atoms with E-state index in [2.05, 4.69) is 138 Å². The Hall–Kier alpha value is -5.46. The third-order valence-corrected chi connectivity index (χ3v) is 16.0. The van der Waals surface area contributed by atoms with Crippen LogP contribution in [0.2, 0.25) is 0 Å². The van der Waals surface area contributed by atoms with Gasteiger partial charge in [-0.05, 0) is 145 Å². The number of para-hydroxylation sites is 4. The summed E-state index contributed by atoms with van der Waals surface area (Å²) in [6, 6.07) is 26.1. The molecule has 330 valence electrons. The molecule has 10 rings (SSSR count). The molecule has 10 nitrogen and oxygen atoms in total. The highest BCUT2D eigenvalue weighted by Crippen LogP contribution is 2.38. The van der Waals surface area contributed by atoms with Crippen LogP contribution in [0.25, 0.3) is 46.4 Å². The lowest BCUT2D eigenvalue weighted by atomic mass is 9.90. The molecule has 6 heterocycles. The van der Waals surface area contributed by atoms with Crippen LogP contribution in [-0.4, -0.2) is 71.7 Å². The first kappa shape index (κ1) is 42.5. The van der Waals surface area contributed by atoms with Gasteiger partial charge in [-0.1, -0.05) is 45.9 Å². The number of carbonyl (C=O) groups excluding carboxylic acids is 2. The number of aryl methyl sites for hydroxylation is 6. The molecule has 64 heavy (non-hydrogen) atoms. The predicted molar refractivity (Wildman–Crippen MR) is 266 cm³/mol. The summed E-state index contributed by atoms with van der Waals surface area (Å²) in [5.74, 6) is 3.54. The average Bonchev–Trinajstić information content (AvgIpc) is 3.73. The van der Waals surface area contributed by atoms with Gasteiger partial charge in [0.1, 0.15) is 0 Å². The first-order valence-corrected chi connectivity index (χ1v) is 25.8. The number of rotatable bonds is 15. The second-order valence-electron chi connectivity index (χ2n) is 17.8. The van der Waals surface area contributed by atoms with Crippen molar-refractivity contribution < 1.29 is 18.7 Å². The molecule has 4 aliphatic rings. The van der Waals surface area contributed by atoms with Crippen molar-refractivity contribution in [2.24, 2.45) is 14.1 Å². The van der Waals surface area contributed by atoms with Gasteiger partial charge < -0.3 is 20.4 Å². The molecule has 2 N–H and O–H groups in total. The van der Waals surface area contributed by atoms with Crippen LogP contribution in [0.5, 0.6) is 0 Å². The summed E-state index contributed by atoms with van der Waals surface area (Å²) >= 11 is 0. The van der Waals surface area contributed by atoms with Crippen molar-refractivity contribution in [3.63, 3.8) is 0 Å². The van der Waals surface area contributed by atoms with Crippen LogP contribution in [-0.2, 0) is 62.5 Å². The first-order chi connectivity index (χ1) is 31.4. The fourth-order valence-electron chi connectivity index (χ4n) is 10.7. The first-order valence-electron chi connectivity index (χ1n) is 23.3. The van der Waals surface area contributed by atoms with E-state index in [1.807, 2.05) is 12.1 Å². The second-order valence-corrected chi connectivity index (χ2v) is 20.5. The number of carbonyl (C=O) groups is 2. The van der Waals surface area contributed by atoms with Gasteiger partial charge in [0.05, 0.1) is 14.1 Å². The number of aromatic nitrogens is 4. The normalized spacial score (nSPS) is 15.7. The Kier molecular flexibility index (Phi) is 12.6. The van der Waals surface area contributed by atoms with Gasteiger partial charge in [-0.25, -0.2) is 18.3 Å². The minimum Gasteiger partial charge on any atom is -0.371 e. The summed E-state index contributed by atoms with van der Waals surface area (Å²) in [7, 11) is 7.61. The number of fused-ring (bicyclic) bond motifs is 2. The van der Waals surface area contributed by atoms with Crippen LogP contribution in [0.3, 0.4) is 0 Å². The zero-order valence-electron chi connectivity index (χ0n) is 37.3. The maximum absolute atomic E-state index is 13.4. The molecule has 0 unspecified atom stereocenters. The van der Waals surface area contributed by atoms with E-state index in [0.717, 1.165) is 70.9 Å². The Morgan fingerprint density at radius 2 is 0.938 bits per heavy atom. The van der Waals surface area contributed by atoms with E-state index in [-0.39, 0.29) is 24.9 Å². The molecule has 0 bridgehead atoms. The topological polar surface area (TPSA) is 82.3 Å². The molecule has 2 aromatic heterocycles. The fraction of sp³-hybridized carbons (Fsp3) is 0.385. The molecule has 2 amide bonds. The van der Waals surface area contributed by atoms with E-state index in [0.29, 0.717) is 13.1 Å². The van der Waals surface area contributed by atoms with Gasteiger partial charge in [-0.15, -0.1) is 0 Å². The van der Waals surface area contributed by atoms with Crippen molar-refractivity contribution in [3.05, 3.63) is 118 Å². The maximum atomic E-state index is 13.4. The van der Waals surface area contributed by atoms with E-state index in [4.69, 9.17) is 0 Å². The van der Waals surface area contributed by atoms with E-state index >= 15 is 0 Å². The molecule has 0 spiro atoms. The summed E-state index contributed by atoms with van der Waals surface area (Å²) in [6.07, 6.45) is 18.2. The number of anilines is 2. The quantitative estimate of drug-likeness (QED) is 0.0641. The van der Waals surface area contributed by atoms with Gasteiger partial charge in [0.25, 0.3) is 23.5 Å². The van der Waals surface area contributed by atoms with Crippen molar-refractivity contribution in [1.29, 1.82) is 0 Å². The lowest BCUT2D eigenvalue weighted by molar-refractivity contribution is -0.647. The standard InChI is InChI=1S/C52H58N8O2S2/c1-55-43-15-3-5-17-45(43)59(49(55)21-19-37-31-39-11-7-25-57-26-8-12-40(32-37)51(39)57)35-47(61)53-23-29-63-64-30-24-54-48(62)36-60-46-18-6-4-16-44(46)56(2)50(60)22-20-38-33-41-13-9-27-58-28-10-14-42(34-38)52(41)58/h3-6,15-22,31-34H,7-14,23-30,35-36H2,1-2H3/p+2. The predicted octanol–water partition coefficient (Wildman–Crippen LogP) is 7.30. The minimum absolute atomic E-state index is 0.00359. The zero-order chi connectivity index (χ0) is 43.6. The SMILES string of the molecule is C[n+]1c(/C=C/c2cc3c4c(c2)CCCN4CCC3)n(CC(=O)NCCSSCCNC(=O)Cn2c(/C=C/c3cc4c5c(c3)CCCN5CCC4)[n+](C)c3ccccc32)c2ccccc21. The van der Waals surface area contributed by atoms with Gasteiger partial charge >= 0.3 is 0 Å². The molecule has 0 saturated carbocycles. The summed E-state index contributed by atoms with van der Waals surface area (Å²) in [5, 5.41) is 6.31. The molecular weight excluding hydrogens is 833 g/mol. The Morgan fingerprint density at radius 3 is 1.33 bits per heavy atom. The number of amides is 2. The van der Waals surface area contributed by atoms with E-state index in [1.54, 1.807) is 21.6 Å². The molecule has 4 aromatic carbocycles. The third-order valence-electron chi connectivity index (χ3n) is 13.6. The minimum atomic E-state index is -0.00359. The van der Waals surface area contributed by atoms with Crippen LogP contribution in [0.4, 0.5) is 11.4 Å². The second kappa shape index (κ2) is 18.9. The van der Waals surface area contributed by atoms with Gasteiger partial charge in [0.2, 0.25) is 0 Å². The van der Waals surface area contributed by atoms with Crippen molar-refractivity contribution in [2.45, 2.75) is 64.5 Å². The lowest BCUT2D eigenvalue weighted by Gasteiger charge is -2.37. The van der Waals surface area contributed by atoms with Crippen molar-refractivity contribution in [2.75, 3.05) is 60.6 Å². The highest BCUT2D eigenvalue weighted by Gasteiger charge is 2.27. The highest BCUT2D eigenvalue weighted by atomic mass is 33.1. The lowest BCUT2D eigenvalue weighted by Crippen LogP contribution is -2.34. The molecule has 0 radical (unpaired) electrons. The van der Waals surface area contributed by atoms with Gasteiger partial charge in [-0.2, -0.15) is 0 Å². The Labute approximate surface area is 384 Å². The molecule has 0 atom stereocenters. The Morgan fingerprint density at radius 1 is 0.562 bits per heavy atom. The number of hydrogen-bond donors (Lipinski definition) is 2. The average molecular weight is 893 g/mol. The molecule has 0 saturated heterocycles. The number of imidazole rings is 2. The molecule has 0 aliphatic carbocycles. The fourth-order valence-corrected chi connectivity index (χ4v) is 12.5. The Bertz CT molecular complexity index is 2550. The summed E-state index contributed by atoms with van der Waals surface area (Å²) < 4.78 is 8.63. The van der Waals surface area contributed by atoms with E-state index < -0.39 is 0 Å². The van der Waals surface area contributed by atoms with Crippen molar-refractivity contribution in [3.8, 4) is 0 Å². The zero-order valence-corrected chi connectivity index (χ0v) is 38.9. The van der Waals surface area contributed by atoms with Crippen LogP contribution in [0, 0.1) is 0 Å². The van der Waals surface area contributed by atoms with Crippen LogP contribution >= 0.6 is 21.6 Å². The summed E-state index contributed by atoms with van der Waals surface area (Å²) in [4.78, 5) is 32.0. The molecular formula is C52H60N8O2S2+2. The monoisotopic (exact) mass is 892 g/mol. The van der Waals surface area contributed by atoms with E-state index in [1.165, 1.54) is 96.6 Å². The smallest absolute Gasteiger partial charge is 0.282 e. The largest absolute Gasteiger partial charge is 0.371 e. The molecule has 0 fully saturated rings. The van der Waals surface area contributed by atoms with Crippen LogP contribution in [0.15, 0.2) is 72.8 Å². The molecule has 12 heteroatoms. The molecule has 6 aromatic rings. The van der Waals surface area contributed by atoms with Crippen LogP contribution in [0.1, 0.15) is 70.7 Å². The van der Waals surface area contributed by atoms with Gasteiger partial charge in [-0.3, -0.25) is 9.59 Å².